The lowest BCUT2D eigenvalue weighted by molar-refractivity contribution is -0.126. The van der Waals surface area contributed by atoms with Crippen molar-refractivity contribution >= 4 is 34.1 Å². The van der Waals surface area contributed by atoms with E-state index in [1.54, 1.807) is 28.0 Å². The fourth-order valence-electron chi connectivity index (χ4n) is 2.76. The Morgan fingerprint density at radius 1 is 1.25 bits per heavy atom. The van der Waals surface area contributed by atoms with Crippen LogP contribution >= 0.6 is 23.1 Å². The molecule has 2 aliphatic rings. The van der Waals surface area contributed by atoms with Crippen molar-refractivity contribution in [2.24, 2.45) is 0 Å². The number of amides is 1. The monoisotopic (exact) mass is 312 g/mol. The minimum absolute atomic E-state index is 0.0236. The Morgan fingerprint density at radius 3 is 2.75 bits per heavy atom. The molecule has 7 heteroatoms. The van der Waals surface area contributed by atoms with E-state index in [0.29, 0.717) is 6.04 Å². The predicted molar refractivity (Wildman–Crippen MR) is 82.3 cm³/mol. The average Bonchev–Trinajstić information content (AvgIpc) is 3.02. The molecule has 1 aliphatic carbocycles. The summed E-state index contributed by atoms with van der Waals surface area (Å²) < 4.78 is 0.900. The summed E-state index contributed by atoms with van der Waals surface area (Å²) in [6.07, 6.45) is 7.33. The lowest BCUT2D eigenvalue weighted by Crippen LogP contribution is -2.23. The summed E-state index contributed by atoms with van der Waals surface area (Å²) in [4.78, 5) is 13.7. The zero-order valence-electron chi connectivity index (χ0n) is 11.7. The van der Waals surface area contributed by atoms with Gasteiger partial charge in [-0.2, -0.15) is 0 Å². The summed E-state index contributed by atoms with van der Waals surface area (Å²) in [5, 5.41) is 12.8. The molecule has 1 saturated heterocycles. The van der Waals surface area contributed by atoms with Crippen LogP contribution in [0.5, 0.6) is 0 Å². The van der Waals surface area contributed by atoms with Gasteiger partial charge in [0.25, 0.3) is 0 Å². The summed E-state index contributed by atoms with van der Waals surface area (Å²) in [5.41, 5.74) is 0. The lowest BCUT2D eigenvalue weighted by atomic mass is 9.96. The van der Waals surface area contributed by atoms with Crippen LogP contribution < -0.4 is 5.32 Å². The summed E-state index contributed by atoms with van der Waals surface area (Å²) >= 11 is 3.14. The summed E-state index contributed by atoms with van der Waals surface area (Å²) in [7, 11) is 1.86. The van der Waals surface area contributed by atoms with Gasteiger partial charge in [-0.3, -0.25) is 4.79 Å². The summed E-state index contributed by atoms with van der Waals surface area (Å²) in [6.45, 7) is 0.850. The van der Waals surface area contributed by atoms with Gasteiger partial charge in [-0.1, -0.05) is 42.4 Å². The molecule has 1 N–H and O–H groups in total. The summed E-state index contributed by atoms with van der Waals surface area (Å²) in [5.74, 6) is 0.215. The maximum atomic E-state index is 11.9. The van der Waals surface area contributed by atoms with Crippen LogP contribution in [-0.2, 0) is 4.79 Å². The molecule has 1 aromatic heterocycles. The Hall–Kier alpha value is -0.820. The Labute approximate surface area is 127 Å². The first-order valence-electron chi connectivity index (χ1n) is 7.24. The van der Waals surface area contributed by atoms with Crippen LogP contribution in [0.3, 0.4) is 0 Å². The van der Waals surface area contributed by atoms with E-state index in [9.17, 15) is 4.79 Å². The zero-order valence-corrected chi connectivity index (χ0v) is 13.3. The number of anilines is 1. The van der Waals surface area contributed by atoms with Gasteiger partial charge in [0.15, 0.2) is 4.34 Å². The highest BCUT2D eigenvalue weighted by atomic mass is 32.2. The molecule has 1 saturated carbocycles. The van der Waals surface area contributed by atoms with E-state index in [-0.39, 0.29) is 11.2 Å². The molecule has 1 atom stereocenters. The van der Waals surface area contributed by atoms with Gasteiger partial charge in [-0.25, -0.2) is 0 Å². The quantitative estimate of drug-likeness (QED) is 0.926. The Balaban J connectivity index is 1.55. The highest BCUT2D eigenvalue weighted by Gasteiger charge is 2.31. The number of hydrogen-bond acceptors (Lipinski definition) is 6. The molecule has 2 heterocycles. The van der Waals surface area contributed by atoms with Gasteiger partial charge in [0.1, 0.15) is 0 Å². The average molecular weight is 312 g/mol. The standard InChI is InChI=1S/C13H20N4OS2/c1-17-8-7-10(11(17)18)19-13-16-15-12(20-13)14-9-5-3-2-4-6-9/h9-10H,2-8H2,1H3,(H,14,15). The SMILES string of the molecule is CN1CCC(Sc2nnc(NC3CCCCC3)s2)C1=O. The molecule has 1 aromatic rings. The Bertz CT molecular complexity index is 473. The third-order valence-corrected chi connectivity index (χ3v) is 6.15. The fourth-order valence-corrected chi connectivity index (χ4v) is 4.93. The molecule has 1 aliphatic heterocycles. The molecule has 5 nitrogen and oxygen atoms in total. The van der Waals surface area contributed by atoms with Gasteiger partial charge in [0, 0.05) is 19.6 Å². The van der Waals surface area contributed by atoms with Crippen molar-refractivity contribution in [3.05, 3.63) is 0 Å². The van der Waals surface area contributed by atoms with Gasteiger partial charge in [-0.05, 0) is 19.3 Å². The van der Waals surface area contributed by atoms with Crippen molar-refractivity contribution in [3.63, 3.8) is 0 Å². The van der Waals surface area contributed by atoms with Crippen molar-refractivity contribution < 1.29 is 4.79 Å². The number of rotatable bonds is 4. The number of carbonyl (C=O) groups excluding carboxylic acids is 1. The fraction of sp³-hybridized carbons (Fsp3) is 0.769. The molecule has 1 unspecified atom stereocenters. The Kier molecular flexibility index (Phi) is 4.45. The number of aromatic nitrogens is 2. The molecule has 3 rings (SSSR count). The summed E-state index contributed by atoms with van der Waals surface area (Å²) in [6, 6.07) is 0.550. The predicted octanol–water partition coefficient (Wildman–Crippen LogP) is 2.61. The van der Waals surface area contributed by atoms with E-state index < -0.39 is 0 Å². The smallest absolute Gasteiger partial charge is 0.235 e. The minimum atomic E-state index is 0.0236. The van der Waals surface area contributed by atoms with Crippen molar-refractivity contribution in [2.75, 3.05) is 18.9 Å². The lowest BCUT2D eigenvalue weighted by Gasteiger charge is -2.21. The second-order valence-electron chi connectivity index (χ2n) is 5.51. The zero-order chi connectivity index (χ0) is 13.9. The molecule has 0 bridgehead atoms. The highest BCUT2D eigenvalue weighted by molar-refractivity contribution is 8.02. The first-order valence-corrected chi connectivity index (χ1v) is 8.93. The number of thioether (sulfide) groups is 1. The largest absolute Gasteiger partial charge is 0.357 e. The number of nitrogens with one attached hydrogen (secondary N) is 1. The third-order valence-electron chi connectivity index (χ3n) is 3.96. The van der Waals surface area contributed by atoms with Crippen molar-refractivity contribution in [3.8, 4) is 0 Å². The van der Waals surface area contributed by atoms with Crippen LogP contribution in [0.4, 0.5) is 5.13 Å². The molecule has 1 amide bonds. The van der Waals surface area contributed by atoms with Crippen LogP contribution in [-0.4, -0.2) is 45.9 Å². The van der Waals surface area contributed by atoms with Gasteiger partial charge < -0.3 is 10.2 Å². The van der Waals surface area contributed by atoms with E-state index in [2.05, 4.69) is 15.5 Å². The normalized spacial score (nSPS) is 24.4. The topological polar surface area (TPSA) is 58.1 Å². The van der Waals surface area contributed by atoms with Crippen LogP contribution in [0.15, 0.2) is 4.34 Å². The van der Waals surface area contributed by atoms with Crippen molar-refractivity contribution in [1.29, 1.82) is 0 Å². The van der Waals surface area contributed by atoms with E-state index in [1.165, 1.54) is 32.1 Å². The van der Waals surface area contributed by atoms with Gasteiger partial charge >= 0.3 is 0 Å². The molecule has 0 aromatic carbocycles. The maximum absolute atomic E-state index is 11.9. The van der Waals surface area contributed by atoms with E-state index in [4.69, 9.17) is 0 Å². The highest BCUT2D eigenvalue weighted by Crippen LogP contribution is 2.34. The van der Waals surface area contributed by atoms with E-state index in [1.807, 2.05) is 7.05 Å². The Morgan fingerprint density at radius 2 is 2.05 bits per heavy atom. The molecular weight excluding hydrogens is 292 g/mol. The number of carbonyl (C=O) groups is 1. The number of likely N-dealkylation sites (tertiary alicyclic amines) is 1. The van der Waals surface area contributed by atoms with Crippen LogP contribution in [0.25, 0.3) is 0 Å². The molecule has 2 fully saturated rings. The first kappa shape index (κ1) is 14.1. The van der Waals surface area contributed by atoms with Crippen LogP contribution in [0.2, 0.25) is 0 Å². The third kappa shape index (κ3) is 3.25. The first-order chi connectivity index (χ1) is 9.72. The van der Waals surface area contributed by atoms with Gasteiger partial charge in [0.05, 0.1) is 5.25 Å². The molecule has 0 spiro atoms. The second kappa shape index (κ2) is 6.30. The maximum Gasteiger partial charge on any atom is 0.235 e. The molecular formula is C13H20N4OS2. The number of hydrogen-bond donors (Lipinski definition) is 1. The van der Waals surface area contributed by atoms with Crippen LogP contribution in [0.1, 0.15) is 38.5 Å². The van der Waals surface area contributed by atoms with Crippen molar-refractivity contribution in [1.82, 2.24) is 15.1 Å². The van der Waals surface area contributed by atoms with Gasteiger partial charge in [-0.15, -0.1) is 10.2 Å². The molecule has 110 valence electrons. The van der Waals surface area contributed by atoms with Gasteiger partial charge in [0.2, 0.25) is 11.0 Å². The second-order valence-corrected chi connectivity index (χ2v) is 7.93. The number of nitrogens with zero attached hydrogens (tertiary/aromatic N) is 3. The van der Waals surface area contributed by atoms with Crippen molar-refractivity contribution in [2.45, 2.75) is 54.2 Å². The minimum Gasteiger partial charge on any atom is -0.357 e. The molecule has 20 heavy (non-hydrogen) atoms. The van der Waals surface area contributed by atoms with Crippen LogP contribution in [0, 0.1) is 0 Å². The molecule has 0 radical (unpaired) electrons. The van der Waals surface area contributed by atoms with E-state index in [0.717, 1.165) is 22.4 Å². The van der Waals surface area contributed by atoms with E-state index >= 15 is 0 Å².